The maximum Gasteiger partial charge on any atom is 0.234 e. The number of nitrogens with two attached hydrogens (primary N) is 1. The number of fused-ring (bicyclic) bond motifs is 1. The molecule has 0 radical (unpaired) electrons. The molecule has 1 aliphatic heterocycles. The summed E-state index contributed by atoms with van der Waals surface area (Å²) in [6.07, 6.45) is 2.01. The van der Waals surface area contributed by atoms with Crippen molar-refractivity contribution in [1.82, 2.24) is 5.32 Å². The van der Waals surface area contributed by atoms with E-state index in [1.54, 1.807) is 18.7 Å². The first-order chi connectivity index (χ1) is 9.11. The van der Waals surface area contributed by atoms with Crippen LogP contribution in [0.2, 0.25) is 0 Å². The molecular weight excluding hydrogens is 264 g/mol. The number of benzene rings is 1. The molecule has 0 saturated heterocycles. The number of amides is 1. The summed E-state index contributed by atoms with van der Waals surface area (Å²) in [7, 11) is 0. The van der Waals surface area contributed by atoms with E-state index >= 15 is 0 Å². The Balaban J connectivity index is 2.16. The van der Waals surface area contributed by atoms with E-state index < -0.39 is 0 Å². The van der Waals surface area contributed by atoms with E-state index in [9.17, 15) is 4.79 Å². The number of hydrogen-bond acceptors (Lipinski definition) is 5. The van der Waals surface area contributed by atoms with Crippen LogP contribution in [0.1, 0.15) is 12.5 Å². The second kappa shape index (κ2) is 6.16. The van der Waals surface area contributed by atoms with Gasteiger partial charge in [-0.1, -0.05) is 0 Å². The lowest BCUT2D eigenvalue weighted by Crippen LogP contribution is -2.38. The molecule has 3 N–H and O–H groups in total. The molecule has 1 heterocycles. The Morgan fingerprint density at radius 2 is 2.05 bits per heavy atom. The predicted octanol–water partition coefficient (Wildman–Crippen LogP) is 1.14. The van der Waals surface area contributed by atoms with Gasteiger partial charge in [0, 0.05) is 11.4 Å². The third kappa shape index (κ3) is 3.33. The van der Waals surface area contributed by atoms with E-state index in [-0.39, 0.29) is 11.9 Å². The van der Waals surface area contributed by atoms with Crippen molar-refractivity contribution in [2.45, 2.75) is 24.4 Å². The van der Waals surface area contributed by atoms with Crippen LogP contribution in [0.4, 0.5) is 0 Å². The van der Waals surface area contributed by atoms with Crippen LogP contribution in [0, 0.1) is 0 Å². The van der Waals surface area contributed by atoms with Gasteiger partial charge in [-0.2, -0.15) is 0 Å². The van der Waals surface area contributed by atoms with Crippen molar-refractivity contribution < 1.29 is 14.3 Å². The fourth-order valence-electron chi connectivity index (χ4n) is 1.80. The Morgan fingerprint density at radius 3 is 2.63 bits per heavy atom. The average Bonchev–Trinajstić information content (AvgIpc) is 2.43. The molecule has 0 fully saturated rings. The zero-order valence-corrected chi connectivity index (χ0v) is 11.9. The number of carbonyl (C=O) groups is 1. The van der Waals surface area contributed by atoms with Crippen molar-refractivity contribution in [3.05, 3.63) is 17.7 Å². The number of hydrogen-bond donors (Lipinski definition) is 2. The van der Waals surface area contributed by atoms with E-state index in [2.05, 4.69) is 5.32 Å². The van der Waals surface area contributed by atoms with Crippen molar-refractivity contribution in [3.63, 3.8) is 0 Å². The minimum Gasteiger partial charge on any atom is -0.486 e. The molecule has 2 rings (SSSR count). The molecule has 1 unspecified atom stereocenters. The van der Waals surface area contributed by atoms with Crippen LogP contribution in [-0.4, -0.2) is 31.4 Å². The van der Waals surface area contributed by atoms with Gasteiger partial charge in [-0.05, 0) is 30.9 Å². The van der Waals surface area contributed by atoms with Gasteiger partial charge in [0.1, 0.15) is 13.2 Å². The van der Waals surface area contributed by atoms with Gasteiger partial charge < -0.3 is 20.5 Å². The number of primary amides is 1. The first kappa shape index (κ1) is 14.0. The van der Waals surface area contributed by atoms with E-state index in [1.165, 1.54) is 0 Å². The van der Waals surface area contributed by atoms with Crippen LogP contribution in [0.3, 0.4) is 0 Å². The van der Waals surface area contributed by atoms with Crippen LogP contribution in [0.25, 0.3) is 0 Å². The first-order valence-electron chi connectivity index (χ1n) is 6.11. The number of carbonyl (C=O) groups excluding carboxylic acids is 1. The standard InChI is InChI=1S/C13H18N2O3S/c1-8(13(14)16)15-7-9-5-10-11(6-12(9)19-2)18-4-3-17-10/h5-6,8,15H,3-4,7H2,1-2H3,(H2,14,16). The second-order valence-electron chi connectivity index (χ2n) is 4.31. The van der Waals surface area contributed by atoms with Gasteiger partial charge in [-0.25, -0.2) is 0 Å². The number of nitrogens with one attached hydrogen (secondary N) is 1. The molecule has 1 aromatic rings. The number of ether oxygens (including phenoxy) is 2. The Kier molecular flexibility index (Phi) is 4.55. The van der Waals surface area contributed by atoms with Gasteiger partial charge in [-0.3, -0.25) is 4.79 Å². The summed E-state index contributed by atoms with van der Waals surface area (Å²) in [4.78, 5) is 12.1. The van der Waals surface area contributed by atoms with Gasteiger partial charge in [0.25, 0.3) is 0 Å². The maximum absolute atomic E-state index is 11.0. The predicted molar refractivity (Wildman–Crippen MR) is 74.7 cm³/mol. The van der Waals surface area contributed by atoms with E-state index in [4.69, 9.17) is 15.2 Å². The van der Waals surface area contributed by atoms with Gasteiger partial charge in [0.05, 0.1) is 6.04 Å². The van der Waals surface area contributed by atoms with Crippen LogP contribution in [0.5, 0.6) is 11.5 Å². The van der Waals surface area contributed by atoms with Gasteiger partial charge in [-0.15, -0.1) is 11.8 Å². The summed E-state index contributed by atoms with van der Waals surface area (Å²) in [5.74, 6) is 1.18. The second-order valence-corrected chi connectivity index (χ2v) is 5.16. The zero-order valence-electron chi connectivity index (χ0n) is 11.1. The van der Waals surface area contributed by atoms with Crippen LogP contribution in [-0.2, 0) is 11.3 Å². The van der Waals surface area contributed by atoms with E-state index in [1.807, 2.05) is 18.4 Å². The Morgan fingerprint density at radius 1 is 1.42 bits per heavy atom. The molecule has 0 spiro atoms. The maximum atomic E-state index is 11.0. The van der Waals surface area contributed by atoms with E-state index in [0.29, 0.717) is 19.8 Å². The molecule has 1 aromatic carbocycles. The molecule has 104 valence electrons. The molecule has 0 aliphatic carbocycles. The fraction of sp³-hybridized carbons (Fsp3) is 0.462. The topological polar surface area (TPSA) is 73.6 Å². The fourth-order valence-corrected chi connectivity index (χ4v) is 2.42. The molecule has 1 atom stereocenters. The molecule has 0 aromatic heterocycles. The van der Waals surface area contributed by atoms with Crippen molar-refractivity contribution in [2.75, 3.05) is 19.5 Å². The molecule has 6 heteroatoms. The molecular formula is C13H18N2O3S. The van der Waals surface area contributed by atoms with Crippen LogP contribution in [0.15, 0.2) is 17.0 Å². The van der Waals surface area contributed by atoms with Gasteiger partial charge in [0.15, 0.2) is 11.5 Å². The highest BCUT2D eigenvalue weighted by atomic mass is 32.2. The zero-order chi connectivity index (χ0) is 13.8. The van der Waals surface area contributed by atoms with Crippen LogP contribution < -0.4 is 20.5 Å². The number of thioether (sulfide) groups is 1. The average molecular weight is 282 g/mol. The summed E-state index contributed by atoms with van der Waals surface area (Å²) in [5.41, 5.74) is 6.30. The Labute approximate surface area is 116 Å². The molecule has 1 amide bonds. The third-order valence-corrected chi connectivity index (χ3v) is 3.79. The summed E-state index contributed by atoms with van der Waals surface area (Å²) in [6.45, 7) is 3.46. The third-order valence-electron chi connectivity index (χ3n) is 2.97. The highest BCUT2D eigenvalue weighted by Gasteiger charge is 2.16. The van der Waals surface area contributed by atoms with Gasteiger partial charge >= 0.3 is 0 Å². The Bertz CT molecular complexity index is 479. The Hall–Kier alpha value is -1.40. The summed E-state index contributed by atoms with van der Waals surface area (Å²) in [5, 5.41) is 3.10. The first-order valence-corrected chi connectivity index (χ1v) is 7.33. The highest BCUT2D eigenvalue weighted by molar-refractivity contribution is 7.98. The van der Waals surface area contributed by atoms with E-state index in [0.717, 1.165) is 22.0 Å². The molecule has 5 nitrogen and oxygen atoms in total. The smallest absolute Gasteiger partial charge is 0.234 e. The largest absolute Gasteiger partial charge is 0.486 e. The minimum atomic E-state index is -0.358. The quantitative estimate of drug-likeness (QED) is 0.792. The summed E-state index contributed by atoms with van der Waals surface area (Å²) < 4.78 is 11.1. The lowest BCUT2D eigenvalue weighted by atomic mass is 10.1. The molecule has 1 aliphatic rings. The molecule has 0 saturated carbocycles. The minimum absolute atomic E-state index is 0.358. The normalized spacial score (nSPS) is 15.1. The highest BCUT2D eigenvalue weighted by Crippen LogP contribution is 2.36. The lowest BCUT2D eigenvalue weighted by molar-refractivity contribution is -0.119. The monoisotopic (exact) mass is 282 g/mol. The van der Waals surface area contributed by atoms with Crippen LogP contribution >= 0.6 is 11.8 Å². The van der Waals surface area contributed by atoms with Crippen molar-refractivity contribution >= 4 is 17.7 Å². The molecule has 19 heavy (non-hydrogen) atoms. The lowest BCUT2D eigenvalue weighted by Gasteiger charge is -2.21. The van der Waals surface area contributed by atoms with Crippen molar-refractivity contribution in [2.24, 2.45) is 5.73 Å². The SMILES string of the molecule is CSc1cc2c(cc1CNC(C)C(N)=O)OCCO2. The number of rotatable bonds is 5. The van der Waals surface area contributed by atoms with Crippen molar-refractivity contribution in [1.29, 1.82) is 0 Å². The summed E-state index contributed by atoms with van der Waals surface area (Å²) in [6, 6.07) is 3.58. The summed E-state index contributed by atoms with van der Waals surface area (Å²) >= 11 is 1.64. The van der Waals surface area contributed by atoms with Crippen molar-refractivity contribution in [3.8, 4) is 11.5 Å². The molecule has 0 bridgehead atoms. The van der Waals surface area contributed by atoms with Gasteiger partial charge in [0.2, 0.25) is 5.91 Å².